The molecule has 1 aromatic carbocycles. The van der Waals surface area contributed by atoms with E-state index >= 15 is 0 Å². The van der Waals surface area contributed by atoms with Crippen molar-refractivity contribution in [1.29, 1.82) is 0 Å². The third-order valence-electron chi connectivity index (χ3n) is 9.30. The van der Waals surface area contributed by atoms with Gasteiger partial charge in [0.1, 0.15) is 12.0 Å². The summed E-state index contributed by atoms with van der Waals surface area (Å²) in [5.74, 6) is -0.664. The van der Waals surface area contributed by atoms with Gasteiger partial charge < -0.3 is 25.0 Å². The van der Waals surface area contributed by atoms with Crippen LogP contribution in [0.4, 0.5) is 38.3 Å². The second-order valence-electron chi connectivity index (χ2n) is 12.8. The highest BCUT2D eigenvalue weighted by Gasteiger charge is 2.40. The molecule has 11 nitrogen and oxygen atoms in total. The lowest BCUT2D eigenvalue weighted by Crippen LogP contribution is -2.29. The van der Waals surface area contributed by atoms with Gasteiger partial charge in [0.05, 0.1) is 42.5 Å². The first-order chi connectivity index (χ1) is 22.8. The largest absolute Gasteiger partial charge is 0.467 e. The second-order valence-corrected chi connectivity index (χ2v) is 12.8. The summed E-state index contributed by atoms with van der Waals surface area (Å²) in [4.78, 5) is 27.0. The van der Waals surface area contributed by atoms with Crippen molar-refractivity contribution >= 4 is 17.5 Å². The maximum atomic E-state index is 15.0. The molecule has 2 N–H and O–H groups in total. The maximum absolute atomic E-state index is 15.0. The zero-order chi connectivity index (χ0) is 34.3. The standard InChI is InChI=1S/C25H27F4N7O3.C7H12FN/c1-34(2)24(37)36-11-13-10-35(8-4-5-17(13)33-36)22-14-12-39-19(9-18(14)31-23(32-22)38-3)20-15(25(27,28)29)6-7-16(30)21(20)26;8-6-4-7-2-1-3-9(7)5-6/h6-7,11,19H,4-5,8-10,12,30H2,1-3H3;6-7H,1-5H2. The average molecular weight is 679 g/mol. The lowest BCUT2D eigenvalue weighted by atomic mass is 9.94. The molecule has 3 atom stereocenters. The van der Waals surface area contributed by atoms with Gasteiger partial charge in [-0.25, -0.2) is 13.6 Å². The van der Waals surface area contributed by atoms with E-state index in [0.29, 0.717) is 55.6 Å². The molecule has 4 aliphatic rings. The van der Waals surface area contributed by atoms with Gasteiger partial charge in [-0.05, 0) is 50.8 Å². The molecule has 3 aromatic rings. The lowest BCUT2D eigenvalue weighted by Gasteiger charge is -2.31. The maximum Gasteiger partial charge on any atom is 0.416 e. The first-order valence-corrected chi connectivity index (χ1v) is 16.0. The van der Waals surface area contributed by atoms with Crippen molar-refractivity contribution in [2.75, 3.05) is 51.5 Å². The Kier molecular flexibility index (Phi) is 9.48. The Morgan fingerprint density at radius 2 is 1.94 bits per heavy atom. The number of hydrogen-bond acceptors (Lipinski definition) is 9. The Morgan fingerprint density at radius 1 is 1.15 bits per heavy atom. The molecule has 0 saturated carbocycles. The van der Waals surface area contributed by atoms with Gasteiger partial charge in [0, 0.05) is 69.1 Å². The van der Waals surface area contributed by atoms with E-state index in [1.54, 1.807) is 20.3 Å². The van der Waals surface area contributed by atoms with Crippen LogP contribution in [0.5, 0.6) is 6.01 Å². The van der Waals surface area contributed by atoms with Crippen molar-refractivity contribution in [2.45, 2.75) is 76.2 Å². The predicted molar refractivity (Wildman–Crippen MR) is 166 cm³/mol. The summed E-state index contributed by atoms with van der Waals surface area (Å²) in [6.45, 7) is 2.69. The normalized spacial score (nSPS) is 22.2. The van der Waals surface area contributed by atoms with E-state index in [0.717, 1.165) is 36.4 Å². The number of fused-ring (bicyclic) bond motifs is 3. The number of rotatable bonds is 3. The molecule has 0 aliphatic carbocycles. The summed E-state index contributed by atoms with van der Waals surface area (Å²) in [7, 11) is 4.67. The highest BCUT2D eigenvalue weighted by Crippen LogP contribution is 2.43. The van der Waals surface area contributed by atoms with E-state index in [2.05, 4.69) is 20.0 Å². The summed E-state index contributed by atoms with van der Waals surface area (Å²) in [6, 6.07) is 2.01. The quantitative estimate of drug-likeness (QED) is 0.305. The van der Waals surface area contributed by atoms with Gasteiger partial charge >= 0.3 is 18.2 Å². The number of amides is 1. The van der Waals surface area contributed by atoms with Gasteiger partial charge in [0.15, 0.2) is 5.82 Å². The fourth-order valence-corrected chi connectivity index (χ4v) is 6.96. The number of benzene rings is 1. The van der Waals surface area contributed by atoms with Gasteiger partial charge in [-0.15, -0.1) is 0 Å². The van der Waals surface area contributed by atoms with Crippen molar-refractivity contribution in [2.24, 2.45) is 0 Å². The number of alkyl halides is 4. The van der Waals surface area contributed by atoms with Crippen molar-refractivity contribution in [3.05, 3.63) is 57.8 Å². The fourth-order valence-electron chi connectivity index (χ4n) is 6.96. The first kappa shape index (κ1) is 33.8. The molecular formula is C32H39F5N8O3. The van der Waals surface area contributed by atoms with Crippen LogP contribution in [0.3, 0.4) is 0 Å². The summed E-state index contributed by atoms with van der Waals surface area (Å²) in [5, 5.41) is 4.45. The number of halogens is 5. The molecule has 0 radical (unpaired) electrons. The molecule has 1 amide bonds. The SMILES string of the molecule is COc1nc2c(c(N3CCCc4nn(C(=O)N(C)C)cc4C3)n1)COC(c1c(C(F)(F)F)ccc(N)c1F)C2.FC1CC2CCCN2C1. The fraction of sp³-hybridized carbons (Fsp3) is 0.562. The van der Waals surface area contributed by atoms with Gasteiger partial charge in [-0.1, -0.05) is 0 Å². The highest BCUT2D eigenvalue weighted by atomic mass is 19.4. The minimum absolute atomic E-state index is 0.0245. The molecule has 2 fully saturated rings. The van der Waals surface area contributed by atoms with Gasteiger partial charge in [-0.2, -0.15) is 32.9 Å². The van der Waals surface area contributed by atoms with Crippen molar-refractivity contribution in [3.8, 4) is 6.01 Å². The Bertz CT molecular complexity index is 1650. The Balaban J connectivity index is 0.000000381. The molecule has 16 heteroatoms. The molecular weight excluding hydrogens is 639 g/mol. The molecule has 2 aromatic heterocycles. The summed E-state index contributed by atoms with van der Waals surface area (Å²) in [6.07, 6.45) is -0.340. The summed E-state index contributed by atoms with van der Waals surface area (Å²) < 4.78 is 81.2. The number of nitrogen functional groups attached to an aromatic ring is 1. The number of carbonyl (C=O) groups is 1. The number of anilines is 2. The minimum atomic E-state index is -4.80. The van der Waals surface area contributed by atoms with Crippen LogP contribution in [0.2, 0.25) is 0 Å². The number of aromatic nitrogens is 4. The number of hydrogen-bond donors (Lipinski definition) is 1. The lowest BCUT2D eigenvalue weighted by molar-refractivity contribution is -0.140. The number of methoxy groups -OCH3 is 1. The van der Waals surface area contributed by atoms with Gasteiger partial charge in [-0.3, -0.25) is 4.90 Å². The average Bonchev–Trinajstić information content (AvgIpc) is 3.71. The molecule has 6 heterocycles. The molecule has 7 rings (SSSR count). The van der Waals surface area contributed by atoms with Crippen LogP contribution in [0.25, 0.3) is 0 Å². The molecule has 2 saturated heterocycles. The number of nitrogens with zero attached hydrogens (tertiary/aromatic N) is 7. The topological polar surface area (TPSA) is 115 Å². The van der Waals surface area contributed by atoms with Crippen LogP contribution in [-0.4, -0.2) is 88.6 Å². The molecule has 0 bridgehead atoms. The zero-order valence-electron chi connectivity index (χ0n) is 27.1. The third-order valence-corrected chi connectivity index (χ3v) is 9.30. The predicted octanol–water partition coefficient (Wildman–Crippen LogP) is 4.91. The summed E-state index contributed by atoms with van der Waals surface area (Å²) in [5.41, 5.74) is 6.03. The van der Waals surface area contributed by atoms with Crippen LogP contribution in [0, 0.1) is 5.82 Å². The van der Waals surface area contributed by atoms with Gasteiger partial charge in [0.25, 0.3) is 0 Å². The van der Waals surface area contributed by atoms with E-state index in [4.69, 9.17) is 15.2 Å². The minimum Gasteiger partial charge on any atom is -0.467 e. The van der Waals surface area contributed by atoms with Crippen molar-refractivity contribution < 1.29 is 36.2 Å². The Hall–Kier alpha value is -4.05. The molecule has 4 aliphatic heterocycles. The van der Waals surface area contributed by atoms with E-state index in [1.807, 2.05) is 4.90 Å². The smallest absolute Gasteiger partial charge is 0.416 e. The number of carbonyl (C=O) groups excluding carboxylic acids is 1. The van der Waals surface area contributed by atoms with E-state index in [9.17, 15) is 26.7 Å². The highest BCUT2D eigenvalue weighted by molar-refractivity contribution is 5.75. The van der Waals surface area contributed by atoms with E-state index < -0.39 is 41.1 Å². The number of aryl methyl sites for hydroxylation is 1. The molecule has 0 spiro atoms. The third kappa shape index (κ3) is 6.77. The molecule has 48 heavy (non-hydrogen) atoms. The molecule has 3 unspecified atom stereocenters. The Labute approximate surface area is 274 Å². The molecule has 260 valence electrons. The van der Waals surface area contributed by atoms with Crippen molar-refractivity contribution in [1.82, 2.24) is 29.5 Å². The monoisotopic (exact) mass is 678 g/mol. The van der Waals surface area contributed by atoms with Crippen LogP contribution in [0.1, 0.15) is 65.4 Å². The number of ether oxygens (including phenoxy) is 2. The van der Waals surface area contributed by atoms with Crippen LogP contribution in [0.15, 0.2) is 18.3 Å². The Morgan fingerprint density at radius 3 is 2.65 bits per heavy atom. The van der Waals surface area contributed by atoms with Crippen LogP contribution >= 0.6 is 0 Å². The second kappa shape index (κ2) is 13.5. The zero-order valence-corrected chi connectivity index (χ0v) is 27.1. The van der Waals surface area contributed by atoms with E-state index in [-0.39, 0.29) is 25.1 Å². The van der Waals surface area contributed by atoms with Gasteiger partial charge in [0.2, 0.25) is 0 Å². The summed E-state index contributed by atoms with van der Waals surface area (Å²) >= 11 is 0. The van der Waals surface area contributed by atoms with E-state index in [1.165, 1.54) is 29.5 Å². The first-order valence-electron chi connectivity index (χ1n) is 16.0. The van der Waals surface area contributed by atoms with Crippen LogP contribution in [-0.2, 0) is 36.9 Å². The van der Waals surface area contributed by atoms with Crippen LogP contribution < -0.4 is 15.4 Å². The van der Waals surface area contributed by atoms with Crippen molar-refractivity contribution in [3.63, 3.8) is 0 Å². The number of nitrogens with two attached hydrogens (primary N) is 1.